The third kappa shape index (κ3) is 4.07. The van der Waals surface area contributed by atoms with E-state index in [9.17, 15) is 4.39 Å². The Bertz CT molecular complexity index is 373. The average Bonchev–Trinajstić information content (AvgIpc) is 2.33. The molecule has 0 saturated carbocycles. The summed E-state index contributed by atoms with van der Waals surface area (Å²) in [5.74, 6) is -0.181. The van der Waals surface area contributed by atoms with Crippen LogP contribution in [0.25, 0.3) is 0 Å². The van der Waals surface area contributed by atoms with Crippen LogP contribution in [0.15, 0.2) is 22.7 Å². The van der Waals surface area contributed by atoms with Crippen molar-refractivity contribution in [1.29, 1.82) is 0 Å². The van der Waals surface area contributed by atoms with Crippen LogP contribution in [0.2, 0.25) is 0 Å². The molecule has 1 N–H and O–H groups in total. The van der Waals surface area contributed by atoms with Gasteiger partial charge in [-0.25, -0.2) is 4.39 Å². The maximum absolute atomic E-state index is 13.4. The third-order valence-corrected chi connectivity index (χ3v) is 3.97. The zero-order valence-corrected chi connectivity index (χ0v) is 13.4. The zero-order valence-electron chi connectivity index (χ0n) is 10.2. The lowest BCUT2D eigenvalue weighted by atomic mass is 10.1. The fourth-order valence-corrected chi connectivity index (χ4v) is 2.70. The Morgan fingerprint density at radius 3 is 2.50 bits per heavy atom. The number of hydrogen-bond acceptors (Lipinski definition) is 2. The molecule has 1 aliphatic rings. The van der Waals surface area contributed by atoms with E-state index in [1.165, 1.54) is 6.07 Å². The SMILES string of the molecule is C[C@@H](c1cccc(F)c1Br)N1CCNCC1.Cl.Cl. The number of nitrogens with one attached hydrogen (secondary N) is 1. The predicted molar refractivity (Wildman–Crippen MR) is 81.5 cm³/mol. The average molecular weight is 360 g/mol. The summed E-state index contributed by atoms with van der Waals surface area (Å²) in [6.07, 6.45) is 0. The van der Waals surface area contributed by atoms with E-state index in [0.29, 0.717) is 4.47 Å². The van der Waals surface area contributed by atoms with Crippen LogP contribution in [-0.4, -0.2) is 31.1 Å². The predicted octanol–water partition coefficient (Wildman–Crippen LogP) is 3.40. The molecule has 1 aromatic rings. The number of piperazine rings is 1. The van der Waals surface area contributed by atoms with E-state index in [2.05, 4.69) is 33.1 Å². The summed E-state index contributed by atoms with van der Waals surface area (Å²) in [6, 6.07) is 5.50. The van der Waals surface area contributed by atoms with Gasteiger partial charge in [-0.1, -0.05) is 12.1 Å². The molecule has 0 bridgehead atoms. The van der Waals surface area contributed by atoms with Gasteiger partial charge in [0.25, 0.3) is 0 Å². The highest BCUT2D eigenvalue weighted by Gasteiger charge is 2.20. The van der Waals surface area contributed by atoms with Crippen molar-refractivity contribution in [2.45, 2.75) is 13.0 Å². The van der Waals surface area contributed by atoms with Gasteiger partial charge in [0.2, 0.25) is 0 Å². The van der Waals surface area contributed by atoms with Crippen LogP contribution in [0.4, 0.5) is 4.39 Å². The Balaban J connectivity index is 0.00000144. The number of nitrogens with zero attached hydrogens (tertiary/aromatic N) is 1. The van der Waals surface area contributed by atoms with Crippen molar-refractivity contribution >= 4 is 40.7 Å². The van der Waals surface area contributed by atoms with Crippen molar-refractivity contribution in [2.75, 3.05) is 26.2 Å². The number of rotatable bonds is 2. The maximum atomic E-state index is 13.4. The Labute approximate surface area is 128 Å². The standard InChI is InChI=1S/C12H16BrFN2.2ClH/c1-9(16-7-5-15-6-8-16)10-3-2-4-11(14)12(10)13;;/h2-4,9,15H,5-8H2,1H3;2*1H/t9-;;/m0../s1. The summed E-state index contributed by atoms with van der Waals surface area (Å²) in [5.41, 5.74) is 1.03. The van der Waals surface area contributed by atoms with Crippen LogP contribution in [0.1, 0.15) is 18.5 Å². The van der Waals surface area contributed by atoms with Crippen LogP contribution in [-0.2, 0) is 0 Å². The summed E-state index contributed by atoms with van der Waals surface area (Å²) in [5, 5.41) is 3.32. The molecule has 1 aromatic carbocycles. The van der Waals surface area contributed by atoms with Crippen LogP contribution < -0.4 is 5.32 Å². The van der Waals surface area contributed by atoms with Crippen LogP contribution in [0, 0.1) is 5.82 Å². The minimum Gasteiger partial charge on any atom is -0.314 e. The van der Waals surface area contributed by atoms with Crippen molar-refractivity contribution in [3.05, 3.63) is 34.1 Å². The fourth-order valence-electron chi connectivity index (χ4n) is 2.11. The molecule has 104 valence electrons. The molecular formula is C12H18BrCl2FN2. The van der Waals surface area contributed by atoms with Crippen molar-refractivity contribution < 1.29 is 4.39 Å². The monoisotopic (exact) mass is 358 g/mol. The van der Waals surface area contributed by atoms with Crippen molar-refractivity contribution in [3.63, 3.8) is 0 Å². The molecule has 18 heavy (non-hydrogen) atoms. The molecule has 2 rings (SSSR count). The summed E-state index contributed by atoms with van der Waals surface area (Å²) in [4.78, 5) is 2.37. The quantitative estimate of drug-likeness (QED) is 0.870. The second kappa shape index (κ2) is 8.33. The minimum absolute atomic E-state index is 0. The smallest absolute Gasteiger partial charge is 0.137 e. The molecule has 0 amide bonds. The van der Waals surface area contributed by atoms with Gasteiger partial charge in [-0.2, -0.15) is 0 Å². The van der Waals surface area contributed by atoms with Gasteiger partial charge in [0.15, 0.2) is 0 Å². The first-order valence-corrected chi connectivity index (χ1v) is 6.38. The second-order valence-corrected chi connectivity index (χ2v) is 4.90. The largest absolute Gasteiger partial charge is 0.314 e. The summed E-state index contributed by atoms with van der Waals surface area (Å²) in [7, 11) is 0. The van der Waals surface area contributed by atoms with E-state index in [-0.39, 0.29) is 36.7 Å². The number of hydrogen-bond donors (Lipinski definition) is 1. The fraction of sp³-hybridized carbons (Fsp3) is 0.500. The molecule has 0 aliphatic carbocycles. The van der Waals surface area contributed by atoms with E-state index in [1.54, 1.807) is 6.07 Å². The Morgan fingerprint density at radius 1 is 1.28 bits per heavy atom. The van der Waals surface area contributed by atoms with Gasteiger partial charge in [0.05, 0.1) is 4.47 Å². The topological polar surface area (TPSA) is 15.3 Å². The zero-order chi connectivity index (χ0) is 11.5. The molecule has 0 spiro atoms. The van der Waals surface area contributed by atoms with E-state index in [4.69, 9.17) is 0 Å². The molecule has 0 unspecified atom stereocenters. The summed E-state index contributed by atoms with van der Waals surface area (Å²) < 4.78 is 14.0. The van der Waals surface area contributed by atoms with E-state index >= 15 is 0 Å². The number of benzene rings is 1. The van der Waals surface area contributed by atoms with Gasteiger partial charge in [0, 0.05) is 32.2 Å². The van der Waals surface area contributed by atoms with Gasteiger partial charge in [-0.05, 0) is 34.5 Å². The van der Waals surface area contributed by atoms with E-state index in [0.717, 1.165) is 31.7 Å². The Morgan fingerprint density at radius 2 is 1.89 bits per heavy atom. The second-order valence-electron chi connectivity index (χ2n) is 4.10. The van der Waals surface area contributed by atoms with Crippen LogP contribution in [0.5, 0.6) is 0 Å². The van der Waals surface area contributed by atoms with Gasteiger partial charge >= 0.3 is 0 Å². The molecule has 1 atom stereocenters. The van der Waals surface area contributed by atoms with Gasteiger partial charge in [0.1, 0.15) is 5.82 Å². The van der Waals surface area contributed by atoms with Crippen molar-refractivity contribution in [1.82, 2.24) is 10.2 Å². The first-order valence-electron chi connectivity index (χ1n) is 5.59. The summed E-state index contributed by atoms with van der Waals surface area (Å²) in [6.45, 7) is 6.19. The lowest BCUT2D eigenvalue weighted by molar-refractivity contribution is 0.185. The highest BCUT2D eigenvalue weighted by atomic mass is 79.9. The van der Waals surface area contributed by atoms with Crippen molar-refractivity contribution in [3.8, 4) is 0 Å². The first-order chi connectivity index (χ1) is 7.70. The minimum atomic E-state index is -0.181. The third-order valence-electron chi connectivity index (χ3n) is 3.13. The highest BCUT2D eigenvalue weighted by Crippen LogP contribution is 2.29. The number of halogens is 4. The Hall–Kier alpha value is 0.130. The van der Waals surface area contributed by atoms with Gasteiger partial charge in [-0.15, -0.1) is 24.8 Å². The molecule has 1 heterocycles. The molecule has 1 saturated heterocycles. The molecule has 0 aromatic heterocycles. The first kappa shape index (κ1) is 18.1. The highest BCUT2D eigenvalue weighted by molar-refractivity contribution is 9.10. The molecular weight excluding hydrogens is 342 g/mol. The molecule has 2 nitrogen and oxygen atoms in total. The van der Waals surface area contributed by atoms with Crippen molar-refractivity contribution in [2.24, 2.45) is 0 Å². The molecule has 1 fully saturated rings. The lowest BCUT2D eigenvalue weighted by Gasteiger charge is -2.33. The maximum Gasteiger partial charge on any atom is 0.137 e. The normalized spacial score (nSPS) is 17.5. The lowest BCUT2D eigenvalue weighted by Crippen LogP contribution is -2.44. The van der Waals surface area contributed by atoms with E-state index in [1.807, 2.05) is 6.07 Å². The van der Waals surface area contributed by atoms with Gasteiger partial charge in [-0.3, -0.25) is 4.90 Å². The summed E-state index contributed by atoms with van der Waals surface area (Å²) >= 11 is 3.33. The molecule has 6 heteroatoms. The van der Waals surface area contributed by atoms with E-state index < -0.39 is 0 Å². The van der Waals surface area contributed by atoms with Crippen LogP contribution in [0.3, 0.4) is 0 Å². The molecule has 1 aliphatic heterocycles. The Kier molecular flexibility index (Phi) is 8.39. The van der Waals surface area contributed by atoms with Gasteiger partial charge < -0.3 is 5.32 Å². The van der Waals surface area contributed by atoms with Crippen LogP contribution >= 0.6 is 40.7 Å². The molecule has 0 radical (unpaired) electrons.